The molecule has 3 heterocycles. The number of aliphatic hydroxyl groups is 1. The summed E-state index contributed by atoms with van der Waals surface area (Å²) >= 11 is 1.45. The van der Waals surface area contributed by atoms with Crippen LogP contribution in [0.1, 0.15) is 56.9 Å². The van der Waals surface area contributed by atoms with Crippen LogP contribution in [0.15, 0.2) is 5.38 Å². The van der Waals surface area contributed by atoms with E-state index in [-0.39, 0.29) is 23.2 Å². The number of nitrogens with two attached hydrogens (primary N) is 1. The highest BCUT2D eigenvalue weighted by Crippen LogP contribution is 2.43. The summed E-state index contributed by atoms with van der Waals surface area (Å²) in [5, 5.41) is 12.9. The number of aliphatic hydroxyl groups excluding tert-OH is 1. The zero-order chi connectivity index (χ0) is 17.5. The van der Waals surface area contributed by atoms with Crippen LogP contribution in [0.3, 0.4) is 0 Å². The second-order valence-electron chi connectivity index (χ2n) is 8.12. The number of anilines is 1. The summed E-state index contributed by atoms with van der Waals surface area (Å²) in [5.74, 6) is -0.488. The molecule has 0 aromatic carbocycles. The summed E-state index contributed by atoms with van der Waals surface area (Å²) in [7, 11) is 0. The van der Waals surface area contributed by atoms with Crippen molar-refractivity contribution < 1.29 is 14.6 Å². The van der Waals surface area contributed by atoms with Gasteiger partial charge in [0.15, 0.2) is 5.13 Å². The van der Waals surface area contributed by atoms with Gasteiger partial charge in [-0.2, -0.15) is 0 Å². The number of ether oxygens (including phenoxy) is 1. The van der Waals surface area contributed by atoms with Crippen LogP contribution in [0.2, 0.25) is 0 Å². The maximum Gasteiger partial charge on any atom is 0.268 e. The maximum absolute atomic E-state index is 11.2. The van der Waals surface area contributed by atoms with Crippen molar-refractivity contribution >= 4 is 22.4 Å². The minimum absolute atomic E-state index is 0.0250. The summed E-state index contributed by atoms with van der Waals surface area (Å²) in [6.45, 7) is 8.13. The third-order valence-corrected chi connectivity index (χ3v) is 6.04. The Balaban J connectivity index is 1.67. The summed E-state index contributed by atoms with van der Waals surface area (Å²) in [4.78, 5) is 17.7. The van der Waals surface area contributed by atoms with Crippen LogP contribution in [-0.2, 0) is 4.74 Å². The molecule has 0 saturated carbocycles. The van der Waals surface area contributed by atoms with Crippen molar-refractivity contribution in [3.63, 3.8) is 0 Å². The standard InChI is InChI=1S/C17H27N3O3S/c1-16(2,3)13-8-11(21)9-17(23-13)4-6-20(7-5-17)15-19-12(10-24-15)14(18)22/h10-11,13,21H,4-9H2,1-3H3,(H2,18,22)/t11-,13-/m1/s1. The number of rotatable bonds is 2. The lowest BCUT2D eigenvalue weighted by Crippen LogP contribution is -2.55. The van der Waals surface area contributed by atoms with Crippen molar-refractivity contribution in [2.45, 2.75) is 64.3 Å². The molecule has 0 unspecified atom stereocenters. The molecule has 134 valence electrons. The molecule has 6 nitrogen and oxygen atoms in total. The van der Waals surface area contributed by atoms with E-state index in [0.29, 0.717) is 18.5 Å². The van der Waals surface area contributed by atoms with Gasteiger partial charge in [-0.1, -0.05) is 20.8 Å². The Bertz CT molecular complexity index is 602. The molecule has 2 fully saturated rings. The largest absolute Gasteiger partial charge is 0.393 e. The first-order chi connectivity index (χ1) is 11.2. The molecule has 3 rings (SSSR count). The first-order valence-electron chi connectivity index (χ1n) is 8.55. The average Bonchev–Trinajstić information content (AvgIpc) is 2.96. The van der Waals surface area contributed by atoms with Crippen LogP contribution in [0.4, 0.5) is 5.13 Å². The van der Waals surface area contributed by atoms with E-state index in [9.17, 15) is 9.90 Å². The fraction of sp³-hybridized carbons (Fsp3) is 0.765. The summed E-state index contributed by atoms with van der Waals surface area (Å²) in [6.07, 6.45) is 2.93. The highest BCUT2D eigenvalue weighted by atomic mass is 32.1. The fourth-order valence-corrected chi connectivity index (χ4v) is 4.51. The first kappa shape index (κ1) is 17.6. The number of piperidine rings is 1. The van der Waals surface area contributed by atoms with Crippen LogP contribution in [0, 0.1) is 5.41 Å². The second-order valence-corrected chi connectivity index (χ2v) is 8.95. The number of carbonyl (C=O) groups is 1. The minimum Gasteiger partial charge on any atom is -0.393 e. The molecule has 0 aliphatic carbocycles. The summed E-state index contributed by atoms with van der Waals surface area (Å²) in [5.41, 5.74) is 5.39. The quantitative estimate of drug-likeness (QED) is 0.850. The van der Waals surface area contributed by atoms with Crippen LogP contribution >= 0.6 is 11.3 Å². The zero-order valence-corrected chi connectivity index (χ0v) is 15.4. The molecule has 24 heavy (non-hydrogen) atoms. The van der Waals surface area contributed by atoms with Crippen molar-refractivity contribution in [1.82, 2.24) is 4.98 Å². The molecule has 1 amide bonds. The fourth-order valence-electron chi connectivity index (χ4n) is 3.64. The van der Waals surface area contributed by atoms with Crippen molar-refractivity contribution in [3.05, 3.63) is 11.1 Å². The van der Waals surface area contributed by atoms with Gasteiger partial charge in [0.05, 0.1) is 17.8 Å². The molecular formula is C17H27N3O3S. The van der Waals surface area contributed by atoms with Gasteiger partial charge >= 0.3 is 0 Å². The van der Waals surface area contributed by atoms with Gasteiger partial charge in [0, 0.05) is 31.3 Å². The second kappa shape index (κ2) is 6.28. The van der Waals surface area contributed by atoms with E-state index in [1.807, 2.05) is 0 Å². The van der Waals surface area contributed by atoms with E-state index >= 15 is 0 Å². The Morgan fingerprint density at radius 1 is 1.46 bits per heavy atom. The van der Waals surface area contributed by atoms with Crippen molar-refractivity contribution in [1.29, 1.82) is 0 Å². The van der Waals surface area contributed by atoms with E-state index in [4.69, 9.17) is 10.5 Å². The number of primary amides is 1. The van der Waals surface area contributed by atoms with Gasteiger partial charge in [0.1, 0.15) is 5.69 Å². The molecule has 2 saturated heterocycles. The average molecular weight is 353 g/mol. The molecule has 0 radical (unpaired) electrons. The monoisotopic (exact) mass is 353 g/mol. The summed E-state index contributed by atoms with van der Waals surface area (Å²) in [6, 6.07) is 0. The van der Waals surface area contributed by atoms with Gasteiger partial charge in [-0.25, -0.2) is 4.98 Å². The van der Waals surface area contributed by atoms with E-state index in [0.717, 1.165) is 31.1 Å². The van der Waals surface area contributed by atoms with Crippen LogP contribution < -0.4 is 10.6 Å². The van der Waals surface area contributed by atoms with Crippen molar-refractivity contribution in [3.8, 4) is 0 Å². The number of thiazole rings is 1. The third-order valence-electron chi connectivity index (χ3n) is 5.14. The Kier molecular flexibility index (Phi) is 4.61. The van der Waals surface area contributed by atoms with Gasteiger partial charge in [-0.3, -0.25) is 4.79 Å². The highest BCUT2D eigenvalue weighted by molar-refractivity contribution is 7.13. The van der Waals surface area contributed by atoms with Gasteiger partial charge in [0.25, 0.3) is 5.91 Å². The normalized spacial score (nSPS) is 27.4. The maximum atomic E-state index is 11.2. The number of hydrogen-bond donors (Lipinski definition) is 2. The molecule has 2 atom stereocenters. The van der Waals surface area contributed by atoms with Gasteiger partial charge in [-0.05, 0) is 18.3 Å². The molecule has 3 N–H and O–H groups in total. The summed E-state index contributed by atoms with van der Waals surface area (Å²) < 4.78 is 6.50. The molecular weight excluding hydrogens is 326 g/mol. The first-order valence-corrected chi connectivity index (χ1v) is 9.43. The van der Waals surface area contributed by atoms with Crippen LogP contribution in [-0.4, -0.2) is 46.9 Å². The van der Waals surface area contributed by atoms with E-state index < -0.39 is 5.91 Å². The predicted molar refractivity (Wildman–Crippen MR) is 94.4 cm³/mol. The number of carbonyl (C=O) groups excluding carboxylic acids is 1. The lowest BCUT2D eigenvalue weighted by molar-refractivity contribution is -0.199. The van der Waals surface area contributed by atoms with Crippen molar-refractivity contribution in [2.24, 2.45) is 11.1 Å². The van der Waals surface area contributed by atoms with Gasteiger partial charge in [-0.15, -0.1) is 11.3 Å². The SMILES string of the molecule is CC(C)(C)[C@H]1C[C@@H](O)CC2(CCN(c3nc(C(N)=O)cs3)CC2)O1. The van der Waals surface area contributed by atoms with Crippen LogP contribution in [0.5, 0.6) is 0 Å². The number of hydrogen-bond acceptors (Lipinski definition) is 6. The van der Waals surface area contributed by atoms with E-state index in [2.05, 4.69) is 30.7 Å². The van der Waals surface area contributed by atoms with Crippen molar-refractivity contribution in [2.75, 3.05) is 18.0 Å². The third kappa shape index (κ3) is 3.58. The van der Waals surface area contributed by atoms with Gasteiger partial charge in [0.2, 0.25) is 0 Å². The Morgan fingerprint density at radius 2 is 2.12 bits per heavy atom. The highest BCUT2D eigenvalue weighted by Gasteiger charge is 2.46. The molecule has 2 aliphatic rings. The van der Waals surface area contributed by atoms with E-state index in [1.165, 1.54) is 11.3 Å². The Labute approximate surface area is 147 Å². The zero-order valence-electron chi connectivity index (χ0n) is 14.6. The van der Waals surface area contributed by atoms with Gasteiger partial charge < -0.3 is 20.5 Å². The predicted octanol–water partition coefficient (Wildman–Crippen LogP) is 2.17. The molecule has 2 aliphatic heterocycles. The van der Waals surface area contributed by atoms with Crippen LogP contribution in [0.25, 0.3) is 0 Å². The Hall–Kier alpha value is -1.18. The molecule has 0 bridgehead atoms. The topological polar surface area (TPSA) is 88.7 Å². The number of amides is 1. The lowest BCUT2D eigenvalue weighted by atomic mass is 9.76. The minimum atomic E-state index is -0.488. The number of aromatic nitrogens is 1. The molecule has 1 spiro atoms. The Morgan fingerprint density at radius 3 is 2.67 bits per heavy atom. The lowest BCUT2D eigenvalue weighted by Gasteiger charge is -2.50. The smallest absolute Gasteiger partial charge is 0.268 e. The molecule has 1 aromatic heterocycles. The van der Waals surface area contributed by atoms with E-state index in [1.54, 1.807) is 5.38 Å². The molecule has 1 aromatic rings. The number of nitrogens with zero attached hydrogens (tertiary/aromatic N) is 2. The molecule has 7 heteroatoms.